The normalized spacial score (nSPS) is 22.1. The van der Waals surface area contributed by atoms with Crippen LogP contribution < -0.4 is 4.74 Å². The number of fused-ring (bicyclic) bond motifs is 1. The van der Waals surface area contributed by atoms with E-state index in [4.69, 9.17) is 4.74 Å². The number of rotatable bonds is 0. The summed E-state index contributed by atoms with van der Waals surface area (Å²) in [6.07, 6.45) is 2.28. The van der Waals surface area contributed by atoms with E-state index in [1.54, 1.807) is 0 Å². The minimum Gasteiger partial charge on any atom is -0.490 e. The average Bonchev–Trinajstić information content (AvgIpc) is 2.04. The van der Waals surface area contributed by atoms with Crippen LogP contribution in [0, 0.1) is 6.92 Å². The lowest BCUT2D eigenvalue weighted by Crippen LogP contribution is -2.18. The predicted octanol–water partition coefficient (Wildman–Crippen LogP) is 2.21. The highest BCUT2D eigenvalue weighted by molar-refractivity contribution is 5.35. The van der Waals surface area contributed by atoms with Crippen LogP contribution in [0.4, 0.5) is 0 Å². The molecule has 1 atom stereocenters. The molecule has 1 aromatic rings. The molecule has 0 bridgehead atoms. The predicted molar refractivity (Wildman–Crippen MR) is 44.5 cm³/mol. The first-order chi connectivity index (χ1) is 5.36. The van der Waals surface area contributed by atoms with E-state index >= 15 is 0 Å². The number of para-hydroxylation sites is 1. The summed E-state index contributed by atoms with van der Waals surface area (Å²) in [5, 5.41) is 0. The van der Waals surface area contributed by atoms with Gasteiger partial charge in [0.1, 0.15) is 5.75 Å². The maximum Gasteiger partial charge on any atom is 0.122 e. The van der Waals surface area contributed by atoms with E-state index < -0.39 is 0 Å². The summed E-state index contributed by atoms with van der Waals surface area (Å²) >= 11 is 0. The molecule has 0 aromatic heterocycles. The van der Waals surface area contributed by atoms with Gasteiger partial charge in [0.2, 0.25) is 0 Å². The van der Waals surface area contributed by atoms with E-state index in [2.05, 4.69) is 13.0 Å². The van der Waals surface area contributed by atoms with Crippen molar-refractivity contribution in [1.29, 1.82) is 0 Å². The van der Waals surface area contributed by atoms with E-state index in [0.29, 0.717) is 0 Å². The van der Waals surface area contributed by atoms with Gasteiger partial charge in [-0.2, -0.15) is 0 Å². The Balaban J connectivity index is 2.34. The molecule has 1 heterocycles. The number of hydrogen-bond acceptors (Lipinski definition) is 1. The highest BCUT2D eigenvalue weighted by Gasteiger charge is 2.14. The van der Waals surface area contributed by atoms with Crippen LogP contribution in [0.25, 0.3) is 0 Å². The second-order valence-electron chi connectivity index (χ2n) is 2.89. The van der Waals surface area contributed by atoms with Gasteiger partial charge < -0.3 is 4.74 Å². The highest BCUT2D eigenvalue weighted by Crippen LogP contribution is 2.26. The molecule has 0 N–H and O–H groups in total. The molecule has 1 aliphatic rings. The SMILES string of the molecule is [CH2][C@@H]1CCc2ccccc2O1. The van der Waals surface area contributed by atoms with Crippen LogP contribution in [0.1, 0.15) is 12.0 Å². The summed E-state index contributed by atoms with van der Waals surface area (Å²) < 4.78 is 5.52. The third-order valence-electron chi connectivity index (χ3n) is 2.00. The monoisotopic (exact) mass is 147 g/mol. The highest BCUT2D eigenvalue weighted by atomic mass is 16.5. The van der Waals surface area contributed by atoms with Crippen molar-refractivity contribution in [3.05, 3.63) is 36.8 Å². The third-order valence-corrected chi connectivity index (χ3v) is 2.00. The number of hydrogen-bond donors (Lipinski definition) is 0. The zero-order valence-electron chi connectivity index (χ0n) is 6.42. The van der Waals surface area contributed by atoms with Crippen LogP contribution in [0.2, 0.25) is 0 Å². The molecule has 1 aromatic carbocycles. The molecule has 0 spiro atoms. The zero-order chi connectivity index (χ0) is 7.68. The Labute approximate surface area is 67.0 Å². The van der Waals surface area contributed by atoms with Gasteiger partial charge in [0.05, 0.1) is 6.10 Å². The summed E-state index contributed by atoms with van der Waals surface area (Å²) in [6, 6.07) is 8.16. The average molecular weight is 147 g/mol. The lowest BCUT2D eigenvalue weighted by Gasteiger charge is -2.22. The molecule has 0 unspecified atom stereocenters. The van der Waals surface area contributed by atoms with Gasteiger partial charge in [-0.25, -0.2) is 0 Å². The standard InChI is InChI=1S/C10H11O/c1-8-6-7-9-4-2-3-5-10(9)11-8/h2-5,8H,1,6-7H2/t8-/m1/s1. The molecule has 57 valence electrons. The number of benzene rings is 1. The third kappa shape index (κ3) is 1.23. The van der Waals surface area contributed by atoms with Gasteiger partial charge in [-0.15, -0.1) is 0 Å². The molecule has 1 heteroatoms. The smallest absolute Gasteiger partial charge is 0.122 e. The summed E-state index contributed by atoms with van der Waals surface area (Å²) in [7, 11) is 0. The molecule has 0 amide bonds. The van der Waals surface area contributed by atoms with Crippen molar-refractivity contribution in [2.45, 2.75) is 18.9 Å². The molecule has 0 saturated heterocycles. The Morgan fingerprint density at radius 3 is 3.09 bits per heavy atom. The van der Waals surface area contributed by atoms with Gasteiger partial charge in [-0.05, 0) is 31.4 Å². The van der Waals surface area contributed by atoms with Crippen molar-refractivity contribution in [2.75, 3.05) is 0 Å². The first-order valence-electron chi connectivity index (χ1n) is 3.94. The van der Waals surface area contributed by atoms with Crippen LogP contribution >= 0.6 is 0 Å². The lowest BCUT2D eigenvalue weighted by molar-refractivity contribution is 0.216. The van der Waals surface area contributed by atoms with Crippen molar-refractivity contribution in [3.63, 3.8) is 0 Å². The van der Waals surface area contributed by atoms with Crippen LogP contribution in [0.3, 0.4) is 0 Å². The maximum absolute atomic E-state index is 5.52. The van der Waals surface area contributed by atoms with E-state index in [1.807, 2.05) is 18.2 Å². The van der Waals surface area contributed by atoms with E-state index in [9.17, 15) is 0 Å². The van der Waals surface area contributed by atoms with Crippen LogP contribution in [-0.2, 0) is 6.42 Å². The zero-order valence-corrected chi connectivity index (χ0v) is 6.42. The second-order valence-corrected chi connectivity index (χ2v) is 2.89. The molecule has 11 heavy (non-hydrogen) atoms. The molecular formula is C10H11O. The molecule has 0 fully saturated rings. The van der Waals surface area contributed by atoms with Gasteiger partial charge in [0.25, 0.3) is 0 Å². The minimum atomic E-state index is 0.143. The fraction of sp³-hybridized carbons (Fsp3) is 0.300. The summed E-state index contributed by atoms with van der Waals surface area (Å²) in [5.41, 5.74) is 1.31. The van der Waals surface area contributed by atoms with Gasteiger partial charge >= 0.3 is 0 Å². The van der Waals surface area contributed by atoms with Crippen LogP contribution in [-0.4, -0.2) is 6.10 Å². The van der Waals surface area contributed by atoms with E-state index in [-0.39, 0.29) is 6.10 Å². The fourth-order valence-electron chi connectivity index (χ4n) is 1.38. The van der Waals surface area contributed by atoms with Crippen LogP contribution in [0.15, 0.2) is 24.3 Å². The van der Waals surface area contributed by atoms with Crippen molar-refractivity contribution in [3.8, 4) is 5.75 Å². The molecule has 0 aliphatic carbocycles. The molecule has 0 saturated carbocycles. The van der Waals surface area contributed by atoms with Crippen molar-refractivity contribution in [1.82, 2.24) is 0 Å². The second kappa shape index (κ2) is 2.57. The van der Waals surface area contributed by atoms with Crippen molar-refractivity contribution >= 4 is 0 Å². The number of ether oxygens (including phenoxy) is 1. The van der Waals surface area contributed by atoms with Gasteiger partial charge in [0, 0.05) is 0 Å². The Hall–Kier alpha value is -0.980. The molecule has 1 aliphatic heterocycles. The van der Waals surface area contributed by atoms with Crippen molar-refractivity contribution in [2.24, 2.45) is 0 Å². The summed E-state index contributed by atoms with van der Waals surface area (Å²) in [5.74, 6) is 1.01. The summed E-state index contributed by atoms with van der Waals surface area (Å²) in [4.78, 5) is 0. The first-order valence-corrected chi connectivity index (χ1v) is 3.94. The number of aryl methyl sites for hydroxylation is 1. The topological polar surface area (TPSA) is 9.23 Å². The largest absolute Gasteiger partial charge is 0.490 e. The molecule has 1 nitrogen and oxygen atoms in total. The summed E-state index contributed by atoms with van der Waals surface area (Å²) in [6.45, 7) is 3.87. The van der Waals surface area contributed by atoms with Crippen molar-refractivity contribution < 1.29 is 4.74 Å². The van der Waals surface area contributed by atoms with E-state index in [0.717, 1.165) is 18.6 Å². The van der Waals surface area contributed by atoms with Gasteiger partial charge in [-0.1, -0.05) is 18.2 Å². The van der Waals surface area contributed by atoms with Gasteiger partial charge in [0.15, 0.2) is 0 Å². The quantitative estimate of drug-likeness (QED) is 0.546. The first kappa shape index (κ1) is 6.71. The minimum absolute atomic E-state index is 0.143. The Morgan fingerprint density at radius 1 is 1.36 bits per heavy atom. The maximum atomic E-state index is 5.52. The van der Waals surface area contributed by atoms with E-state index in [1.165, 1.54) is 5.56 Å². The molecule has 2 rings (SSSR count). The Morgan fingerprint density at radius 2 is 2.18 bits per heavy atom. The van der Waals surface area contributed by atoms with Gasteiger partial charge in [-0.3, -0.25) is 0 Å². The Kier molecular flexibility index (Phi) is 1.57. The lowest BCUT2D eigenvalue weighted by atomic mass is 10.0. The molecule has 1 radical (unpaired) electrons. The molecular weight excluding hydrogens is 136 g/mol. The Bertz CT molecular complexity index is 255. The van der Waals surface area contributed by atoms with Crippen LogP contribution in [0.5, 0.6) is 5.75 Å². The fourth-order valence-corrected chi connectivity index (χ4v) is 1.38.